The second-order valence-electron chi connectivity index (χ2n) is 8.44. The molecule has 113 valence electrons. The third-order valence-electron chi connectivity index (χ3n) is 7.93. The first-order valence-electron chi connectivity index (χ1n) is 9.73. The van der Waals surface area contributed by atoms with Gasteiger partial charge in [0.05, 0.1) is 0 Å². The van der Waals surface area contributed by atoms with E-state index in [-0.39, 0.29) is 0 Å². The quantitative estimate of drug-likeness (QED) is 0.554. The van der Waals surface area contributed by atoms with E-state index in [9.17, 15) is 0 Å². The Bertz CT molecular complexity index is 284. The summed E-state index contributed by atoms with van der Waals surface area (Å²) in [6.07, 6.45) is 24.8. The smallest absolute Gasteiger partial charge is 0.0174 e. The molecule has 0 N–H and O–H groups in total. The Morgan fingerprint density at radius 2 is 1.15 bits per heavy atom. The molecule has 0 aromatic rings. The van der Waals surface area contributed by atoms with Crippen LogP contribution in [0.5, 0.6) is 0 Å². The van der Waals surface area contributed by atoms with E-state index in [1.807, 2.05) is 0 Å². The fourth-order valence-electron chi connectivity index (χ4n) is 7.22. The molecule has 4 aliphatic rings. The maximum absolute atomic E-state index is 2.07. The zero-order chi connectivity index (χ0) is 13.5. The molecule has 0 aromatic heterocycles. The molecular weight excluding hydrogens is 240 g/mol. The summed E-state index contributed by atoms with van der Waals surface area (Å²) in [5.41, 5.74) is 1.51. The highest BCUT2D eigenvalue weighted by atomic mass is 14.6. The second-order valence-corrected chi connectivity index (χ2v) is 8.44. The highest BCUT2D eigenvalue weighted by Gasteiger charge is 2.60. The molecule has 4 rings (SSSR count). The molecular formula is C20H33. The predicted molar refractivity (Wildman–Crippen MR) is 85.5 cm³/mol. The lowest BCUT2D eigenvalue weighted by Gasteiger charge is -2.54. The van der Waals surface area contributed by atoms with E-state index in [0.717, 1.165) is 16.7 Å². The van der Waals surface area contributed by atoms with Crippen LogP contribution in [0.3, 0.4) is 0 Å². The summed E-state index contributed by atoms with van der Waals surface area (Å²) in [6.45, 7) is 0. The highest BCUT2D eigenvalue weighted by molar-refractivity contribution is 5.20. The molecule has 20 heavy (non-hydrogen) atoms. The third-order valence-corrected chi connectivity index (χ3v) is 7.93. The van der Waals surface area contributed by atoms with Crippen molar-refractivity contribution in [2.24, 2.45) is 16.7 Å². The van der Waals surface area contributed by atoms with E-state index in [4.69, 9.17) is 0 Å². The van der Waals surface area contributed by atoms with Crippen molar-refractivity contribution in [2.75, 3.05) is 0 Å². The van der Waals surface area contributed by atoms with E-state index in [2.05, 4.69) is 5.92 Å². The zero-order valence-electron chi connectivity index (χ0n) is 13.4. The molecule has 1 radical (unpaired) electrons. The van der Waals surface area contributed by atoms with Gasteiger partial charge in [0.15, 0.2) is 0 Å². The Hall–Kier alpha value is 0. The Labute approximate surface area is 126 Å². The predicted octanol–water partition coefficient (Wildman–Crippen LogP) is 6.45. The van der Waals surface area contributed by atoms with Crippen LogP contribution < -0.4 is 0 Å². The first-order valence-corrected chi connectivity index (χ1v) is 9.73. The summed E-state index contributed by atoms with van der Waals surface area (Å²) < 4.78 is 0. The van der Waals surface area contributed by atoms with Gasteiger partial charge in [0, 0.05) is 0 Å². The molecule has 0 unspecified atom stereocenters. The molecule has 4 aliphatic carbocycles. The lowest BCUT2D eigenvalue weighted by Crippen LogP contribution is -2.46. The van der Waals surface area contributed by atoms with E-state index >= 15 is 0 Å². The fourth-order valence-corrected chi connectivity index (χ4v) is 7.22. The van der Waals surface area contributed by atoms with Crippen LogP contribution in [0.25, 0.3) is 0 Å². The first kappa shape index (κ1) is 13.6. The van der Waals surface area contributed by atoms with Crippen molar-refractivity contribution in [1.29, 1.82) is 0 Å². The summed E-state index contributed by atoms with van der Waals surface area (Å²) in [4.78, 5) is 0. The Morgan fingerprint density at radius 3 is 1.75 bits per heavy atom. The SMILES string of the molecule is C1CC[C](C2(C3(C4CCCC4)CCCC3)CCCC2)C1. The minimum Gasteiger partial charge on any atom is -0.0530 e. The van der Waals surface area contributed by atoms with Gasteiger partial charge in [0.25, 0.3) is 0 Å². The highest BCUT2D eigenvalue weighted by Crippen LogP contribution is 2.70. The minimum atomic E-state index is 0.731. The van der Waals surface area contributed by atoms with Crippen LogP contribution in [-0.4, -0.2) is 0 Å². The van der Waals surface area contributed by atoms with Gasteiger partial charge in [0.1, 0.15) is 0 Å². The number of hydrogen-bond acceptors (Lipinski definition) is 0. The minimum absolute atomic E-state index is 0.731. The molecule has 4 fully saturated rings. The Kier molecular flexibility index (Phi) is 3.63. The lowest BCUT2D eigenvalue weighted by molar-refractivity contribution is -0.00664. The maximum Gasteiger partial charge on any atom is -0.0174 e. The monoisotopic (exact) mass is 273 g/mol. The molecule has 0 aromatic carbocycles. The summed E-state index contributed by atoms with van der Waals surface area (Å²) in [6, 6.07) is 0. The number of hydrogen-bond donors (Lipinski definition) is 0. The van der Waals surface area contributed by atoms with Crippen molar-refractivity contribution in [2.45, 2.75) is 103 Å². The first-order chi connectivity index (χ1) is 9.87. The van der Waals surface area contributed by atoms with E-state index in [1.165, 1.54) is 51.4 Å². The normalized spacial score (nSPS) is 34.2. The topological polar surface area (TPSA) is 0 Å². The standard InChI is InChI=1S/C20H33/c1-2-10-17(9-1)19(13-5-6-14-19)20(15-7-8-16-20)18-11-3-4-12-18/h17H,1-16H2. The van der Waals surface area contributed by atoms with Gasteiger partial charge in [0.2, 0.25) is 0 Å². The van der Waals surface area contributed by atoms with Crippen molar-refractivity contribution in [3.63, 3.8) is 0 Å². The average molecular weight is 273 g/mol. The molecule has 0 saturated heterocycles. The molecule has 0 bridgehead atoms. The van der Waals surface area contributed by atoms with Crippen molar-refractivity contribution in [3.8, 4) is 0 Å². The zero-order valence-corrected chi connectivity index (χ0v) is 13.4. The molecule has 0 spiro atoms. The van der Waals surface area contributed by atoms with E-state index < -0.39 is 0 Å². The van der Waals surface area contributed by atoms with Gasteiger partial charge in [-0.15, -0.1) is 0 Å². The van der Waals surface area contributed by atoms with Gasteiger partial charge < -0.3 is 0 Å². The van der Waals surface area contributed by atoms with Gasteiger partial charge in [-0.3, -0.25) is 0 Å². The van der Waals surface area contributed by atoms with Crippen molar-refractivity contribution >= 4 is 0 Å². The molecule has 0 heterocycles. The van der Waals surface area contributed by atoms with Crippen molar-refractivity contribution in [3.05, 3.63) is 5.92 Å². The molecule has 0 nitrogen and oxygen atoms in total. The van der Waals surface area contributed by atoms with Crippen LogP contribution in [0.1, 0.15) is 103 Å². The van der Waals surface area contributed by atoms with Crippen LogP contribution in [0.15, 0.2) is 0 Å². The molecule has 0 aliphatic heterocycles. The second kappa shape index (κ2) is 5.33. The van der Waals surface area contributed by atoms with E-state index in [1.54, 1.807) is 51.4 Å². The Morgan fingerprint density at radius 1 is 0.600 bits per heavy atom. The van der Waals surface area contributed by atoms with Crippen LogP contribution in [0, 0.1) is 22.7 Å². The van der Waals surface area contributed by atoms with Gasteiger partial charge >= 0.3 is 0 Å². The van der Waals surface area contributed by atoms with Crippen LogP contribution >= 0.6 is 0 Å². The summed E-state index contributed by atoms with van der Waals surface area (Å²) in [5.74, 6) is 3.18. The Balaban J connectivity index is 1.71. The van der Waals surface area contributed by atoms with Crippen LogP contribution in [0.4, 0.5) is 0 Å². The summed E-state index contributed by atoms with van der Waals surface area (Å²) >= 11 is 0. The molecule has 0 amide bonds. The van der Waals surface area contributed by atoms with E-state index in [0.29, 0.717) is 0 Å². The molecule has 0 heteroatoms. The van der Waals surface area contributed by atoms with Gasteiger partial charge in [-0.1, -0.05) is 51.4 Å². The lowest BCUT2D eigenvalue weighted by atomic mass is 9.50. The largest absolute Gasteiger partial charge is 0.0530 e. The fraction of sp³-hybridized carbons (Fsp3) is 0.950. The van der Waals surface area contributed by atoms with Crippen LogP contribution in [-0.2, 0) is 0 Å². The molecule has 0 atom stereocenters. The molecule has 4 saturated carbocycles. The average Bonchev–Trinajstić information content (AvgIpc) is 3.24. The maximum atomic E-state index is 2.07. The van der Waals surface area contributed by atoms with Crippen molar-refractivity contribution < 1.29 is 0 Å². The number of rotatable bonds is 3. The third kappa shape index (κ3) is 1.85. The van der Waals surface area contributed by atoms with Gasteiger partial charge in [-0.05, 0) is 74.0 Å². The van der Waals surface area contributed by atoms with Crippen molar-refractivity contribution in [1.82, 2.24) is 0 Å². The summed E-state index contributed by atoms with van der Waals surface area (Å²) in [5, 5.41) is 0. The van der Waals surface area contributed by atoms with Gasteiger partial charge in [-0.25, -0.2) is 0 Å². The van der Waals surface area contributed by atoms with Crippen LogP contribution in [0.2, 0.25) is 0 Å². The summed E-state index contributed by atoms with van der Waals surface area (Å²) in [7, 11) is 0. The van der Waals surface area contributed by atoms with Gasteiger partial charge in [-0.2, -0.15) is 0 Å².